The number of nitrogens with zero attached hydrogens (tertiary/aromatic N) is 3. The lowest BCUT2D eigenvalue weighted by atomic mass is 10.3. The average Bonchev–Trinajstić information content (AvgIpc) is 2.25. The van der Waals surface area contributed by atoms with E-state index in [1.54, 1.807) is 6.92 Å². The van der Waals surface area contributed by atoms with Crippen molar-refractivity contribution >= 4 is 23.7 Å². The molecule has 88 valence electrons. The van der Waals surface area contributed by atoms with Gasteiger partial charge in [-0.3, -0.25) is 4.79 Å². The molecule has 0 aromatic carbocycles. The molecule has 0 radical (unpaired) electrons. The minimum Gasteiger partial charge on any atom is -0.356 e. The third-order valence-corrected chi connectivity index (χ3v) is 2.57. The van der Waals surface area contributed by atoms with E-state index in [0.717, 1.165) is 25.8 Å². The lowest BCUT2D eigenvalue weighted by molar-refractivity contribution is 0.112. The molecule has 5 heteroatoms. The van der Waals surface area contributed by atoms with Crippen LogP contribution < -0.4 is 4.90 Å². The van der Waals surface area contributed by atoms with Crippen LogP contribution in [0.4, 0.5) is 5.82 Å². The number of halogens is 1. The summed E-state index contributed by atoms with van der Waals surface area (Å²) < 4.78 is 0. The lowest BCUT2D eigenvalue weighted by Gasteiger charge is -2.22. The normalized spacial score (nSPS) is 10.2. The average molecular weight is 242 g/mol. The molecule has 16 heavy (non-hydrogen) atoms. The first-order chi connectivity index (χ1) is 7.63. The summed E-state index contributed by atoms with van der Waals surface area (Å²) in [6.07, 6.45) is 1.71. The molecular formula is C11H16ClN3O. The highest BCUT2D eigenvalue weighted by atomic mass is 35.5. The molecule has 1 rings (SSSR count). The van der Waals surface area contributed by atoms with Crippen LogP contribution in [-0.2, 0) is 0 Å². The Morgan fingerprint density at radius 3 is 2.56 bits per heavy atom. The number of anilines is 1. The minimum absolute atomic E-state index is 0.229. The number of aryl methyl sites for hydroxylation is 1. The van der Waals surface area contributed by atoms with Gasteiger partial charge in [0, 0.05) is 13.1 Å². The molecule has 0 unspecified atom stereocenters. The molecule has 0 bridgehead atoms. The Hall–Kier alpha value is -1.16. The zero-order valence-electron chi connectivity index (χ0n) is 9.83. The Kier molecular flexibility index (Phi) is 4.68. The molecular weight excluding hydrogens is 226 g/mol. The van der Waals surface area contributed by atoms with Crippen LogP contribution in [0.25, 0.3) is 0 Å². The van der Waals surface area contributed by atoms with Gasteiger partial charge in [-0.1, -0.05) is 18.5 Å². The summed E-state index contributed by atoms with van der Waals surface area (Å²) in [5.41, 5.74) is 0.377. The Morgan fingerprint density at radius 1 is 1.38 bits per heavy atom. The largest absolute Gasteiger partial charge is 0.356 e. The van der Waals surface area contributed by atoms with Crippen molar-refractivity contribution in [2.24, 2.45) is 0 Å². The quantitative estimate of drug-likeness (QED) is 0.587. The highest BCUT2D eigenvalue weighted by Crippen LogP contribution is 2.22. The summed E-state index contributed by atoms with van der Waals surface area (Å²) in [5.74, 6) is 1.22. The Morgan fingerprint density at radius 2 is 2.06 bits per heavy atom. The summed E-state index contributed by atoms with van der Waals surface area (Å²) in [7, 11) is 0. The van der Waals surface area contributed by atoms with E-state index >= 15 is 0 Å². The van der Waals surface area contributed by atoms with Crippen molar-refractivity contribution in [1.82, 2.24) is 9.97 Å². The third kappa shape index (κ3) is 2.70. The smallest absolute Gasteiger partial charge is 0.156 e. The molecule has 0 spiro atoms. The van der Waals surface area contributed by atoms with E-state index in [9.17, 15) is 4.79 Å². The molecule has 0 saturated carbocycles. The van der Waals surface area contributed by atoms with Gasteiger partial charge in [0.15, 0.2) is 6.29 Å². The second kappa shape index (κ2) is 5.80. The van der Waals surface area contributed by atoms with Crippen molar-refractivity contribution in [2.45, 2.75) is 27.2 Å². The van der Waals surface area contributed by atoms with Crippen LogP contribution in [0.1, 0.15) is 36.5 Å². The summed E-state index contributed by atoms with van der Waals surface area (Å²) in [6, 6.07) is 0. The van der Waals surface area contributed by atoms with E-state index in [1.807, 2.05) is 11.8 Å². The first-order valence-electron chi connectivity index (χ1n) is 5.38. The lowest BCUT2D eigenvalue weighted by Crippen LogP contribution is -2.26. The second-order valence-corrected chi connectivity index (χ2v) is 3.85. The van der Waals surface area contributed by atoms with E-state index in [0.29, 0.717) is 17.2 Å². The van der Waals surface area contributed by atoms with Gasteiger partial charge in [-0.2, -0.15) is 0 Å². The van der Waals surface area contributed by atoms with E-state index in [-0.39, 0.29) is 5.15 Å². The fourth-order valence-electron chi connectivity index (χ4n) is 1.56. The topological polar surface area (TPSA) is 46.1 Å². The van der Waals surface area contributed by atoms with E-state index in [2.05, 4.69) is 16.9 Å². The third-order valence-electron chi connectivity index (χ3n) is 2.28. The maximum absolute atomic E-state index is 11.0. The fraction of sp³-hybridized carbons (Fsp3) is 0.545. The fourth-order valence-corrected chi connectivity index (χ4v) is 1.81. The van der Waals surface area contributed by atoms with Gasteiger partial charge in [0.25, 0.3) is 0 Å². The van der Waals surface area contributed by atoms with Crippen LogP contribution in [0.5, 0.6) is 0 Å². The number of rotatable bonds is 5. The highest BCUT2D eigenvalue weighted by molar-refractivity contribution is 6.32. The molecule has 0 aliphatic heterocycles. The van der Waals surface area contributed by atoms with Crippen molar-refractivity contribution in [3.05, 3.63) is 16.5 Å². The molecule has 0 saturated heterocycles. The van der Waals surface area contributed by atoms with Crippen LogP contribution in [-0.4, -0.2) is 29.3 Å². The molecule has 4 nitrogen and oxygen atoms in total. The number of aldehydes is 1. The molecule has 0 aliphatic rings. The first kappa shape index (κ1) is 12.9. The van der Waals surface area contributed by atoms with Gasteiger partial charge in [0.05, 0.1) is 5.56 Å². The van der Waals surface area contributed by atoms with Gasteiger partial charge in [-0.15, -0.1) is 0 Å². The predicted molar refractivity (Wildman–Crippen MR) is 65.3 cm³/mol. The number of hydrogen-bond donors (Lipinski definition) is 0. The second-order valence-electron chi connectivity index (χ2n) is 3.50. The zero-order chi connectivity index (χ0) is 12.1. The summed E-state index contributed by atoms with van der Waals surface area (Å²) >= 11 is 5.93. The van der Waals surface area contributed by atoms with Gasteiger partial charge in [0.2, 0.25) is 0 Å². The zero-order valence-corrected chi connectivity index (χ0v) is 10.6. The molecule has 0 amide bonds. The van der Waals surface area contributed by atoms with Gasteiger partial charge in [-0.05, 0) is 20.3 Å². The number of carbonyl (C=O) groups excluding carboxylic acids is 1. The van der Waals surface area contributed by atoms with Gasteiger partial charge >= 0.3 is 0 Å². The van der Waals surface area contributed by atoms with Crippen LogP contribution in [0.15, 0.2) is 0 Å². The van der Waals surface area contributed by atoms with E-state index in [1.165, 1.54) is 0 Å². The summed E-state index contributed by atoms with van der Waals surface area (Å²) in [4.78, 5) is 21.3. The number of carbonyl (C=O) groups is 1. The monoisotopic (exact) mass is 241 g/mol. The van der Waals surface area contributed by atoms with Gasteiger partial charge < -0.3 is 4.90 Å². The van der Waals surface area contributed by atoms with E-state index in [4.69, 9.17) is 11.6 Å². The molecule has 1 aromatic rings. The van der Waals surface area contributed by atoms with Crippen LogP contribution >= 0.6 is 11.6 Å². The maximum Gasteiger partial charge on any atom is 0.156 e. The van der Waals surface area contributed by atoms with Crippen molar-refractivity contribution in [3.63, 3.8) is 0 Å². The molecule has 1 heterocycles. The standard InChI is InChI=1S/C11H16ClN3O/c1-4-6-15(5-2)11-9(7-16)10(12)13-8(3)14-11/h7H,4-6H2,1-3H3. The first-order valence-corrected chi connectivity index (χ1v) is 5.76. The van der Waals surface area contributed by atoms with Gasteiger partial charge in [0.1, 0.15) is 16.8 Å². The molecule has 0 aliphatic carbocycles. The van der Waals surface area contributed by atoms with Gasteiger partial charge in [-0.25, -0.2) is 9.97 Å². The minimum atomic E-state index is 0.229. The maximum atomic E-state index is 11.0. The molecule has 1 aromatic heterocycles. The van der Waals surface area contributed by atoms with E-state index < -0.39 is 0 Å². The highest BCUT2D eigenvalue weighted by Gasteiger charge is 2.15. The Bertz CT molecular complexity index is 382. The summed E-state index contributed by atoms with van der Waals surface area (Å²) in [5, 5.41) is 0.229. The molecule has 0 fully saturated rings. The van der Waals surface area contributed by atoms with Crippen molar-refractivity contribution in [2.75, 3.05) is 18.0 Å². The van der Waals surface area contributed by atoms with Crippen LogP contribution in [0.2, 0.25) is 5.15 Å². The summed E-state index contributed by atoms with van der Waals surface area (Å²) in [6.45, 7) is 7.52. The van der Waals surface area contributed by atoms with Crippen LogP contribution in [0.3, 0.4) is 0 Å². The molecule has 0 N–H and O–H groups in total. The SMILES string of the molecule is CCCN(CC)c1nc(C)nc(Cl)c1C=O. The van der Waals surface area contributed by atoms with Crippen molar-refractivity contribution < 1.29 is 4.79 Å². The Balaban J connectivity index is 3.23. The Labute approximate surface area is 101 Å². The van der Waals surface area contributed by atoms with Crippen molar-refractivity contribution in [3.8, 4) is 0 Å². The number of hydrogen-bond acceptors (Lipinski definition) is 4. The van der Waals surface area contributed by atoms with Crippen LogP contribution in [0, 0.1) is 6.92 Å². The number of aromatic nitrogens is 2. The molecule has 0 atom stereocenters. The predicted octanol–water partition coefficient (Wildman–Crippen LogP) is 2.49. The van der Waals surface area contributed by atoms with Crippen molar-refractivity contribution in [1.29, 1.82) is 0 Å².